The lowest BCUT2D eigenvalue weighted by molar-refractivity contribution is 1.03. The van der Waals surface area contributed by atoms with Crippen LogP contribution >= 0.6 is 23.2 Å². The third-order valence-corrected chi connectivity index (χ3v) is 4.10. The molecule has 0 bridgehead atoms. The van der Waals surface area contributed by atoms with Crippen molar-refractivity contribution in [2.45, 2.75) is 0 Å². The van der Waals surface area contributed by atoms with Gasteiger partial charge in [0.2, 0.25) is 0 Å². The summed E-state index contributed by atoms with van der Waals surface area (Å²) in [6, 6.07) is 13.2. The molecule has 2 aromatic heterocycles. The standard InChI is InChI=1S/C17H9Cl2N4/c18-11-5-6-12(13(19)7-11)17-16(8-20-9-21-17)23-10-22-14-3-1-2-4-15(14)23/h1-8,10H. The fraction of sp³-hybridized carbons (Fsp3) is 0. The Morgan fingerprint density at radius 3 is 2.78 bits per heavy atom. The minimum absolute atomic E-state index is 0.523. The average molecular weight is 340 g/mol. The third-order valence-electron chi connectivity index (χ3n) is 3.55. The van der Waals surface area contributed by atoms with Crippen LogP contribution in [0.25, 0.3) is 28.0 Å². The Bertz CT molecular complexity index is 1010. The van der Waals surface area contributed by atoms with Crippen LogP contribution in [0.2, 0.25) is 10.0 Å². The number of benzene rings is 2. The van der Waals surface area contributed by atoms with E-state index in [1.54, 1.807) is 24.7 Å². The van der Waals surface area contributed by atoms with Crippen molar-refractivity contribution in [2.24, 2.45) is 0 Å². The van der Waals surface area contributed by atoms with Gasteiger partial charge in [-0.2, -0.15) is 0 Å². The highest BCUT2D eigenvalue weighted by atomic mass is 35.5. The van der Waals surface area contributed by atoms with E-state index in [1.807, 2.05) is 34.9 Å². The normalized spacial score (nSPS) is 11.0. The molecular formula is C17H9Cl2N4. The van der Waals surface area contributed by atoms with Crippen LogP contribution in [0.3, 0.4) is 0 Å². The van der Waals surface area contributed by atoms with Crippen molar-refractivity contribution in [1.29, 1.82) is 0 Å². The number of fused-ring (bicyclic) bond motifs is 1. The van der Waals surface area contributed by atoms with Crippen LogP contribution in [0.4, 0.5) is 0 Å². The van der Waals surface area contributed by atoms with E-state index in [2.05, 4.69) is 21.3 Å². The van der Waals surface area contributed by atoms with Crippen molar-refractivity contribution in [1.82, 2.24) is 19.5 Å². The van der Waals surface area contributed by atoms with Gasteiger partial charge in [0.1, 0.15) is 12.0 Å². The molecule has 0 amide bonds. The zero-order valence-electron chi connectivity index (χ0n) is 11.7. The lowest BCUT2D eigenvalue weighted by Crippen LogP contribution is -1.99. The van der Waals surface area contributed by atoms with Crippen molar-refractivity contribution < 1.29 is 0 Å². The summed E-state index contributed by atoms with van der Waals surface area (Å²) in [7, 11) is 0. The molecule has 111 valence electrons. The van der Waals surface area contributed by atoms with E-state index in [-0.39, 0.29) is 0 Å². The zero-order valence-corrected chi connectivity index (χ0v) is 13.3. The maximum absolute atomic E-state index is 6.33. The Morgan fingerprint density at radius 1 is 1.04 bits per heavy atom. The SMILES string of the molecule is Clc1ccc(-c2n[c]ncc2-n2cnc3ccccc32)c(Cl)c1. The molecule has 6 heteroatoms. The number of rotatable bonds is 2. The van der Waals surface area contributed by atoms with E-state index in [1.165, 1.54) is 0 Å². The molecule has 2 aromatic carbocycles. The van der Waals surface area contributed by atoms with E-state index in [9.17, 15) is 0 Å². The molecule has 4 aromatic rings. The summed E-state index contributed by atoms with van der Waals surface area (Å²) < 4.78 is 1.93. The maximum Gasteiger partial charge on any atom is 0.198 e. The Labute approximate surface area is 142 Å². The summed E-state index contributed by atoms with van der Waals surface area (Å²) in [5.74, 6) is 0. The molecule has 0 unspecified atom stereocenters. The summed E-state index contributed by atoms with van der Waals surface area (Å²) in [5, 5.41) is 1.10. The van der Waals surface area contributed by atoms with Gasteiger partial charge in [0, 0.05) is 10.6 Å². The quantitative estimate of drug-likeness (QED) is 0.536. The maximum atomic E-state index is 6.33. The molecule has 0 saturated heterocycles. The molecule has 0 spiro atoms. The molecule has 4 nitrogen and oxygen atoms in total. The van der Waals surface area contributed by atoms with E-state index in [4.69, 9.17) is 23.2 Å². The Kier molecular flexibility index (Phi) is 3.48. The fourth-order valence-corrected chi connectivity index (χ4v) is 2.99. The van der Waals surface area contributed by atoms with Crippen molar-refractivity contribution >= 4 is 34.2 Å². The van der Waals surface area contributed by atoms with Gasteiger partial charge in [0.05, 0.1) is 27.9 Å². The number of halogens is 2. The van der Waals surface area contributed by atoms with Gasteiger partial charge in [-0.25, -0.2) is 15.0 Å². The van der Waals surface area contributed by atoms with Gasteiger partial charge in [0.25, 0.3) is 0 Å². The van der Waals surface area contributed by atoms with Crippen LogP contribution in [-0.2, 0) is 0 Å². The molecule has 23 heavy (non-hydrogen) atoms. The Morgan fingerprint density at radius 2 is 1.91 bits per heavy atom. The monoisotopic (exact) mass is 339 g/mol. The minimum Gasteiger partial charge on any atom is -0.295 e. The van der Waals surface area contributed by atoms with Crippen molar-refractivity contribution in [3.8, 4) is 16.9 Å². The highest BCUT2D eigenvalue weighted by Crippen LogP contribution is 2.33. The predicted octanol–water partition coefficient (Wildman–Crippen LogP) is 4.59. The highest BCUT2D eigenvalue weighted by molar-refractivity contribution is 6.36. The molecule has 4 rings (SSSR count). The number of aromatic nitrogens is 4. The summed E-state index contributed by atoms with van der Waals surface area (Å²) in [6.45, 7) is 0. The third kappa shape index (κ3) is 2.46. The van der Waals surface area contributed by atoms with Crippen LogP contribution in [0.5, 0.6) is 0 Å². The topological polar surface area (TPSA) is 43.6 Å². The smallest absolute Gasteiger partial charge is 0.198 e. The van der Waals surface area contributed by atoms with Crippen LogP contribution < -0.4 is 0 Å². The number of hydrogen-bond acceptors (Lipinski definition) is 3. The lowest BCUT2D eigenvalue weighted by Gasteiger charge is -2.11. The van der Waals surface area contributed by atoms with Crippen LogP contribution in [0.15, 0.2) is 55.0 Å². The van der Waals surface area contributed by atoms with Gasteiger partial charge in [-0.1, -0.05) is 35.3 Å². The summed E-state index contributed by atoms with van der Waals surface area (Å²) in [4.78, 5) is 12.7. The summed E-state index contributed by atoms with van der Waals surface area (Å²) in [5.41, 5.74) is 4.08. The van der Waals surface area contributed by atoms with Crippen LogP contribution in [-0.4, -0.2) is 19.5 Å². The zero-order chi connectivity index (χ0) is 15.8. The first-order valence-electron chi connectivity index (χ1n) is 6.85. The highest BCUT2D eigenvalue weighted by Gasteiger charge is 2.14. The second kappa shape index (κ2) is 5.65. The Balaban J connectivity index is 1.97. The molecule has 0 aliphatic heterocycles. The second-order valence-electron chi connectivity index (χ2n) is 4.93. The average Bonchev–Trinajstić information content (AvgIpc) is 2.99. The molecule has 0 saturated carbocycles. The number of para-hydroxylation sites is 2. The van der Waals surface area contributed by atoms with Gasteiger partial charge in [-0.3, -0.25) is 4.57 Å². The summed E-state index contributed by atoms with van der Waals surface area (Å²) in [6.07, 6.45) is 6.07. The first kappa shape index (κ1) is 14.2. The van der Waals surface area contributed by atoms with Gasteiger partial charge in [0.15, 0.2) is 6.33 Å². The first-order chi connectivity index (χ1) is 11.2. The molecule has 1 radical (unpaired) electrons. The van der Waals surface area contributed by atoms with Crippen molar-refractivity contribution in [3.05, 3.63) is 71.4 Å². The van der Waals surface area contributed by atoms with E-state index in [0.717, 1.165) is 22.3 Å². The fourth-order valence-electron chi connectivity index (χ4n) is 2.49. The van der Waals surface area contributed by atoms with Gasteiger partial charge in [-0.15, -0.1) is 0 Å². The number of imidazole rings is 1. The van der Waals surface area contributed by atoms with Gasteiger partial charge < -0.3 is 0 Å². The van der Waals surface area contributed by atoms with Crippen molar-refractivity contribution in [2.75, 3.05) is 0 Å². The largest absolute Gasteiger partial charge is 0.295 e. The number of hydrogen-bond donors (Lipinski definition) is 0. The molecule has 0 atom stereocenters. The van der Waals surface area contributed by atoms with Gasteiger partial charge >= 0.3 is 0 Å². The molecular weight excluding hydrogens is 331 g/mol. The lowest BCUT2D eigenvalue weighted by atomic mass is 10.1. The van der Waals surface area contributed by atoms with E-state index < -0.39 is 0 Å². The second-order valence-corrected chi connectivity index (χ2v) is 5.77. The summed E-state index contributed by atoms with van der Waals surface area (Å²) >= 11 is 12.3. The van der Waals surface area contributed by atoms with Gasteiger partial charge in [-0.05, 0) is 30.3 Å². The minimum atomic E-state index is 0.523. The molecule has 0 aliphatic rings. The first-order valence-corrected chi connectivity index (χ1v) is 7.60. The Hall–Kier alpha value is -2.43. The predicted molar refractivity (Wildman–Crippen MR) is 91.0 cm³/mol. The number of nitrogens with zero attached hydrogens (tertiary/aromatic N) is 4. The van der Waals surface area contributed by atoms with Crippen molar-refractivity contribution in [3.63, 3.8) is 0 Å². The van der Waals surface area contributed by atoms with Crippen LogP contribution in [0, 0.1) is 6.33 Å². The molecule has 0 aliphatic carbocycles. The molecule has 0 N–H and O–H groups in total. The molecule has 2 heterocycles. The van der Waals surface area contributed by atoms with E-state index >= 15 is 0 Å². The molecule has 0 fully saturated rings. The van der Waals surface area contributed by atoms with Crippen LogP contribution in [0.1, 0.15) is 0 Å². The van der Waals surface area contributed by atoms with E-state index in [0.29, 0.717) is 15.7 Å².